The number of rotatable bonds is 3. The van der Waals surface area contributed by atoms with Gasteiger partial charge in [-0.3, -0.25) is 4.40 Å². The van der Waals surface area contributed by atoms with Crippen molar-refractivity contribution in [2.75, 3.05) is 27.2 Å². The summed E-state index contributed by atoms with van der Waals surface area (Å²) < 4.78 is 2.04. The van der Waals surface area contributed by atoms with Crippen molar-refractivity contribution in [3.63, 3.8) is 0 Å². The second kappa shape index (κ2) is 8.59. The molecular weight excluding hydrogens is 360 g/mol. The van der Waals surface area contributed by atoms with Gasteiger partial charge in [-0.05, 0) is 70.4 Å². The van der Waals surface area contributed by atoms with E-state index in [1.165, 1.54) is 25.9 Å². The number of nitrogens with one attached hydrogen (secondary N) is 2. The van der Waals surface area contributed by atoms with Crippen molar-refractivity contribution in [3.8, 4) is 11.1 Å². The molecule has 0 amide bonds. The molecule has 0 saturated carbocycles. The van der Waals surface area contributed by atoms with Crippen LogP contribution in [0.25, 0.3) is 33.9 Å². The van der Waals surface area contributed by atoms with Crippen LogP contribution in [0.5, 0.6) is 0 Å². The molecule has 1 aliphatic heterocycles. The van der Waals surface area contributed by atoms with Crippen LogP contribution in [0.3, 0.4) is 0 Å². The standard InChI is InChI=1S/C16H12N4.C7H16N2/c1-2-12-8-18-15-6-5-11(10-20(12)15)14-9-19-16-13(14)4-3-7-17-16;1-8-7-3-5-9(2)6-4-7/h2-10H,1H2,(H,17,19);7-8H,3-6H2,1-2H3. The summed E-state index contributed by atoms with van der Waals surface area (Å²) in [5.74, 6) is 0. The Morgan fingerprint density at radius 2 is 2.03 bits per heavy atom. The molecule has 5 heterocycles. The van der Waals surface area contributed by atoms with E-state index < -0.39 is 0 Å². The van der Waals surface area contributed by atoms with Crippen LogP contribution in [-0.4, -0.2) is 57.5 Å². The summed E-state index contributed by atoms with van der Waals surface area (Å²) in [6.45, 7) is 6.33. The van der Waals surface area contributed by atoms with Crippen molar-refractivity contribution in [2.24, 2.45) is 0 Å². The molecule has 5 rings (SSSR count). The molecule has 6 nitrogen and oxygen atoms in total. The highest BCUT2D eigenvalue weighted by Gasteiger charge is 2.13. The molecule has 0 aliphatic carbocycles. The van der Waals surface area contributed by atoms with Gasteiger partial charge in [0.2, 0.25) is 0 Å². The van der Waals surface area contributed by atoms with Gasteiger partial charge in [0.1, 0.15) is 11.3 Å². The average Bonchev–Trinajstić information content (AvgIpc) is 3.38. The minimum atomic E-state index is 0.779. The molecule has 0 unspecified atom stereocenters. The molecule has 2 N–H and O–H groups in total. The summed E-state index contributed by atoms with van der Waals surface area (Å²) in [5, 5.41) is 4.42. The topological polar surface area (TPSA) is 61.3 Å². The number of piperidine rings is 1. The van der Waals surface area contributed by atoms with Gasteiger partial charge in [0.15, 0.2) is 0 Å². The van der Waals surface area contributed by atoms with Crippen molar-refractivity contribution in [1.29, 1.82) is 0 Å². The Hall–Kier alpha value is -2.96. The Bertz CT molecular complexity index is 1100. The van der Waals surface area contributed by atoms with Gasteiger partial charge >= 0.3 is 0 Å². The van der Waals surface area contributed by atoms with Crippen LogP contribution in [0, 0.1) is 0 Å². The van der Waals surface area contributed by atoms with E-state index in [-0.39, 0.29) is 0 Å². The smallest absolute Gasteiger partial charge is 0.137 e. The van der Waals surface area contributed by atoms with Gasteiger partial charge in [-0.2, -0.15) is 0 Å². The second-order valence-electron chi connectivity index (χ2n) is 7.50. The Labute approximate surface area is 171 Å². The zero-order valence-corrected chi connectivity index (χ0v) is 17.1. The first kappa shape index (κ1) is 19.4. The number of imidazole rings is 1. The average molecular weight is 389 g/mol. The molecular formula is C23H28N6. The SMILES string of the molecule is C=Cc1cnc2ccc(-c3c[nH]c4ncccc34)cn12.CNC1CCN(C)CC1. The fraction of sp³-hybridized carbons (Fsp3) is 0.304. The highest BCUT2D eigenvalue weighted by Crippen LogP contribution is 2.28. The maximum Gasteiger partial charge on any atom is 0.137 e. The third-order valence-corrected chi connectivity index (χ3v) is 5.63. The number of pyridine rings is 2. The Morgan fingerprint density at radius 3 is 2.79 bits per heavy atom. The molecule has 1 fully saturated rings. The van der Waals surface area contributed by atoms with Gasteiger partial charge < -0.3 is 15.2 Å². The molecule has 0 radical (unpaired) electrons. The van der Waals surface area contributed by atoms with Gasteiger partial charge in [0.25, 0.3) is 0 Å². The third-order valence-electron chi connectivity index (χ3n) is 5.63. The van der Waals surface area contributed by atoms with Gasteiger partial charge in [-0.25, -0.2) is 9.97 Å². The quantitative estimate of drug-likeness (QED) is 0.560. The summed E-state index contributed by atoms with van der Waals surface area (Å²) in [6, 6.07) is 8.88. The van der Waals surface area contributed by atoms with Crippen LogP contribution in [0.1, 0.15) is 18.5 Å². The fourth-order valence-corrected chi connectivity index (χ4v) is 3.80. The van der Waals surface area contributed by atoms with Crippen LogP contribution >= 0.6 is 0 Å². The Balaban J connectivity index is 0.000000192. The molecule has 0 aromatic carbocycles. The van der Waals surface area contributed by atoms with Crippen LogP contribution in [0.15, 0.2) is 55.6 Å². The summed E-state index contributed by atoms with van der Waals surface area (Å²) >= 11 is 0. The monoisotopic (exact) mass is 388 g/mol. The Morgan fingerprint density at radius 1 is 1.21 bits per heavy atom. The second-order valence-corrected chi connectivity index (χ2v) is 7.50. The van der Waals surface area contributed by atoms with E-state index in [2.05, 4.69) is 64.2 Å². The lowest BCUT2D eigenvalue weighted by Gasteiger charge is -2.28. The van der Waals surface area contributed by atoms with Gasteiger partial charge in [0, 0.05) is 41.1 Å². The van der Waals surface area contributed by atoms with E-state index in [9.17, 15) is 0 Å². The molecule has 6 heteroatoms. The molecule has 1 aliphatic rings. The predicted molar refractivity (Wildman–Crippen MR) is 120 cm³/mol. The van der Waals surface area contributed by atoms with Crippen molar-refractivity contribution < 1.29 is 0 Å². The lowest BCUT2D eigenvalue weighted by Crippen LogP contribution is -2.39. The van der Waals surface area contributed by atoms with Gasteiger partial charge in [-0.1, -0.05) is 6.58 Å². The molecule has 29 heavy (non-hydrogen) atoms. The normalized spacial score (nSPS) is 15.4. The van der Waals surface area contributed by atoms with E-state index in [0.29, 0.717) is 0 Å². The van der Waals surface area contributed by atoms with E-state index in [1.54, 1.807) is 12.3 Å². The fourth-order valence-electron chi connectivity index (χ4n) is 3.80. The summed E-state index contributed by atoms with van der Waals surface area (Å²) in [5.41, 5.74) is 5.06. The maximum absolute atomic E-state index is 4.35. The first-order valence-electron chi connectivity index (χ1n) is 10.1. The van der Waals surface area contributed by atoms with Crippen LogP contribution in [-0.2, 0) is 0 Å². The van der Waals surface area contributed by atoms with Gasteiger partial charge in [-0.15, -0.1) is 0 Å². The molecule has 0 bridgehead atoms. The number of aromatic amines is 1. The zero-order valence-electron chi connectivity index (χ0n) is 17.1. The number of aromatic nitrogens is 4. The first-order chi connectivity index (χ1) is 14.2. The van der Waals surface area contributed by atoms with E-state index >= 15 is 0 Å². The lowest BCUT2D eigenvalue weighted by molar-refractivity contribution is 0.240. The number of nitrogens with zero attached hydrogens (tertiary/aromatic N) is 4. The zero-order chi connectivity index (χ0) is 20.2. The summed E-state index contributed by atoms with van der Waals surface area (Å²) in [4.78, 5) is 14.3. The number of hydrogen-bond donors (Lipinski definition) is 2. The number of fused-ring (bicyclic) bond motifs is 2. The van der Waals surface area contributed by atoms with Gasteiger partial charge in [0.05, 0.1) is 11.9 Å². The van der Waals surface area contributed by atoms with Crippen molar-refractivity contribution in [3.05, 3.63) is 61.3 Å². The van der Waals surface area contributed by atoms with Crippen LogP contribution in [0.4, 0.5) is 0 Å². The largest absolute Gasteiger partial charge is 0.346 e. The third kappa shape index (κ3) is 4.09. The molecule has 150 valence electrons. The van der Waals surface area contributed by atoms with Crippen LogP contribution < -0.4 is 5.32 Å². The first-order valence-corrected chi connectivity index (χ1v) is 10.1. The maximum atomic E-state index is 4.35. The van der Waals surface area contributed by atoms with E-state index in [4.69, 9.17) is 0 Å². The molecule has 1 saturated heterocycles. The molecule has 4 aromatic heterocycles. The highest BCUT2D eigenvalue weighted by molar-refractivity contribution is 5.93. The van der Waals surface area contributed by atoms with Crippen molar-refractivity contribution >= 4 is 22.8 Å². The molecule has 4 aromatic rings. The minimum Gasteiger partial charge on any atom is -0.346 e. The number of hydrogen-bond acceptors (Lipinski definition) is 4. The Kier molecular flexibility index (Phi) is 5.74. The van der Waals surface area contributed by atoms with Crippen molar-refractivity contribution in [2.45, 2.75) is 18.9 Å². The number of H-pyrrole nitrogens is 1. The highest BCUT2D eigenvalue weighted by atomic mass is 15.1. The van der Waals surface area contributed by atoms with Crippen molar-refractivity contribution in [1.82, 2.24) is 29.6 Å². The minimum absolute atomic E-state index is 0.779. The summed E-state index contributed by atoms with van der Waals surface area (Å²) in [6.07, 6.45) is 12.1. The van der Waals surface area contributed by atoms with E-state index in [0.717, 1.165) is 39.5 Å². The van der Waals surface area contributed by atoms with Crippen LogP contribution in [0.2, 0.25) is 0 Å². The predicted octanol–water partition coefficient (Wildman–Crippen LogP) is 3.82. The molecule has 0 atom stereocenters. The number of likely N-dealkylation sites (tertiary alicyclic amines) is 1. The van der Waals surface area contributed by atoms with E-state index in [1.807, 2.05) is 28.9 Å². The lowest BCUT2D eigenvalue weighted by atomic mass is 10.1. The molecule has 0 spiro atoms. The summed E-state index contributed by atoms with van der Waals surface area (Å²) in [7, 11) is 4.24.